The molecule has 1 aromatic heterocycles. The summed E-state index contributed by atoms with van der Waals surface area (Å²) in [6.07, 6.45) is 0.744. The number of hydrogen-bond acceptors (Lipinski definition) is 1. The molecular weight excluding hydrogens is 293 g/mol. The maximum absolute atomic E-state index is 11.2. The molecule has 1 aromatic carbocycles. The third-order valence-corrected chi connectivity index (χ3v) is 3.63. The van der Waals surface area contributed by atoms with E-state index in [2.05, 4.69) is 13.8 Å². The summed E-state index contributed by atoms with van der Waals surface area (Å²) in [5.74, 6) is 0.393. The minimum absolute atomic E-state index is 0.393. The Morgan fingerprint density at radius 3 is 2.50 bits per heavy atom. The van der Waals surface area contributed by atoms with Crippen LogP contribution in [0.3, 0.4) is 0 Å². The highest BCUT2D eigenvalue weighted by Crippen LogP contribution is 2.36. The first-order chi connectivity index (χ1) is 8.45. The number of nitrogens with zero attached hydrogens (tertiary/aromatic N) is 1. The molecule has 18 heavy (non-hydrogen) atoms. The van der Waals surface area contributed by atoms with Gasteiger partial charge in [0.15, 0.2) is 6.29 Å². The lowest BCUT2D eigenvalue weighted by Gasteiger charge is -2.10. The molecule has 0 aliphatic carbocycles. The smallest absolute Gasteiger partial charge is 0.153 e. The average Bonchev–Trinajstić information content (AvgIpc) is 2.51. The van der Waals surface area contributed by atoms with Gasteiger partial charge < -0.3 is 4.57 Å². The Kier molecular flexibility index (Phi) is 3.90. The Morgan fingerprint density at radius 2 is 1.94 bits per heavy atom. The standard InChI is InChI=1S/C13H12Cl3NO/c1-7(2)5-17-12-9(10(6-18)13(17)16)3-8(14)4-11(12)15/h3-4,6-7H,5H2,1-2H3. The van der Waals surface area contributed by atoms with Crippen molar-refractivity contribution in [2.45, 2.75) is 20.4 Å². The molecule has 0 saturated carbocycles. The Morgan fingerprint density at radius 1 is 1.28 bits per heavy atom. The third kappa shape index (κ3) is 2.25. The van der Waals surface area contributed by atoms with Crippen LogP contribution in [0.15, 0.2) is 12.1 Å². The molecule has 2 nitrogen and oxygen atoms in total. The summed E-state index contributed by atoms with van der Waals surface area (Å²) in [6.45, 7) is 4.85. The Hall–Kier alpha value is -0.700. The molecule has 0 aliphatic heterocycles. The molecule has 0 saturated heterocycles. The van der Waals surface area contributed by atoms with E-state index in [1.165, 1.54) is 0 Å². The second-order valence-corrected chi connectivity index (χ2v) is 5.81. The lowest BCUT2D eigenvalue weighted by atomic mass is 10.2. The number of benzene rings is 1. The van der Waals surface area contributed by atoms with Crippen molar-refractivity contribution in [3.05, 3.63) is 32.9 Å². The summed E-state index contributed by atoms with van der Waals surface area (Å²) in [6, 6.07) is 3.38. The second-order valence-electron chi connectivity index (χ2n) is 4.61. The van der Waals surface area contributed by atoms with Gasteiger partial charge in [-0.2, -0.15) is 0 Å². The summed E-state index contributed by atoms with van der Waals surface area (Å²) in [7, 11) is 0. The minimum Gasteiger partial charge on any atom is -0.330 e. The normalized spacial score (nSPS) is 11.4. The molecule has 0 spiro atoms. The van der Waals surface area contributed by atoms with Crippen molar-refractivity contribution in [3.8, 4) is 0 Å². The number of aromatic nitrogens is 1. The van der Waals surface area contributed by atoms with E-state index in [1.54, 1.807) is 12.1 Å². The molecule has 1 heterocycles. The van der Waals surface area contributed by atoms with Gasteiger partial charge in [-0.25, -0.2) is 0 Å². The Labute approximate surface area is 120 Å². The van der Waals surface area contributed by atoms with Gasteiger partial charge in [0.25, 0.3) is 0 Å². The van der Waals surface area contributed by atoms with E-state index in [1.807, 2.05) is 4.57 Å². The Balaban J connectivity index is 2.85. The van der Waals surface area contributed by atoms with E-state index in [0.29, 0.717) is 38.6 Å². The zero-order chi connectivity index (χ0) is 13.4. The topological polar surface area (TPSA) is 22.0 Å². The number of aldehydes is 1. The molecular formula is C13H12Cl3NO. The fourth-order valence-electron chi connectivity index (χ4n) is 2.05. The second kappa shape index (κ2) is 5.12. The van der Waals surface area contributed by atoms with Gasteiger partial charge in [0, 0.05) is 17.0 Å². The monoisotopic (exact) mass is 303 g/mol. The number of carbonyl (C=O) groups is 1. The van der Waals surface area contributed by atoms with Crippen LogP contribution in [-0.4, -0.2) is 10.9 Å². The summed E-state index contributed by atoms with van der Waals surface area (Å²) in [5.41, 5.74) is 1.21. The predicted molar refractivity (Wildman–Crippen MR) is 77.2 cm³/mol. The zero-order valence-corrected chi connectivity index (χ0v) is 12.3. The van der Waals surface area contributed by atoms with E-state index in [4.69, 9.17) is 34.8 Å². The van der Waals surface area contributed by atoms with Crippen molar-refractivity contribution >= 4 is 52.0 Å². The lowest BCUT2D eigenvalue weighted by Crippen LogP contribution is -2.04. The fraction of sp³-hybridized carbons (Fsp3) is 0.308. The summed E-state index contributed by atoms with van der Waals surface area (Å²) >= 11 is 18.4. The van der Waals surface area contributed by atoms with Gasteiger partial charge >= 0.3 is 0 Å². The average molecular weight is 305 g/mol. The first kappa shape index (κ1) is 13.7. The van der Waals surface area contributed by atoms with Crippen molar-refractivity contribution in [1.82, 2.24) is 4.57 Å². The molecule has 0 bridgehead atoms. The molecule has 2 rings (SSSR count). The molecule has 2 aromatic rings. The maximum Gasteiger partial charge on any atom is 0.153 e. The molecule has 0 fully saturated rings. The van der Waals surface area contributed by atoms with Gasteiger partial charge in [0.05, 0.1) is 16.1 Å². The van der Waals surface area contributed by atoms with Gasteiger partial charge in [-0.1, -0.05) is 48.7 Å². The van der Waals surface area contributed by atoms with E-state index in [0.717, 1.165) is 11.8 Å². The largest absolute Gasteiger partial charge is 0.330 e. The predicted octanol–water partition coefficient (Wildman–Crippen LogP) is 5.07. The van der Waals surface area contributed by atoms with Crippen LogP contribution in [0.1, 0.15) is 24.2 Å². The quantitative estimate of drug-likeness (QED) is 0.726. The van der Waals surface area contributed by atoms with Crippen molar-refractivity contribution in [1.29, 1.82) is 0 Å². The molecule has 0 atom stereocenters. The van der Waals surface area contributed by atoms with Gasteiger partial charge in [0.2, 0.25) is 0 Å². The van der Waals surface area contributed by atoms with Crippen LogP contribution >= 0.6 is 34.8 Å². The van der Waals surface area contributed by atoms with Crippen molar-refractivity contribution in [3.63, 3.8) is 0 Å². The third-order valence-electron chi connectivity index (χ3n) is 2.71. The lowest BCUT2D eigenvalue weighted by molar-refractivity contribution is 0.112. The highest BCUT2D eigenvalue weighted by molar-refractivity contribution is 6.40. The molecule has 0 aliphatic rings. The molecule has 0 N–H and O–H groups in total. The van der Waals surface area contributed by atoms with E-state index >= 15 is 0 Å². The van der Waals surface area contributed by atoms with Gasteiger partial charge in [-0.15, -0.1) is 0 Å². The van der Waals surface area contributed by atoms with Crippen LogP contribution in [0, 0.1) is 5.92 Å². The van der Waals surface area contributed by atoms with Crippen molar-refractivity contribution in [2.75, 3.05) is 0 Å². The summed E-state index contributed by atoms with van der Waals surface area (Å²) in [5, 5.41) is 2.12. The van der Waals surface area contributed by atoms with E-state index < -0.39 is 0 Å². The maximum atomic E-state index is 11.2. The molecule has 0 radical (unpaired) electrons. The molecule has 96 valence electrons. The number of fused-ring (bicyclic) bond motifs is 1. The number of halogens is 3. The van der Waals surface area contributed by atoms with Crippen LogP contribution in [0.25, 0.3) is 10.9 Å². The molecule has 5 heteroatoms. The van der Waals surface area contributed by atoms with Crippen molar-refractivity contribution < 1.29 is 4.79 Å². The fourth-order valence-corrected chi connectivity index (χ4v) is 2.94. The summed E-state index contributed by atoms with van der Waals surface area (Å²) < 4.78 is 1.87. The SMILES string of the molecule is CC(C)Cn1c(Cl)c(C=O)c2cc(Cl)cc(Cl)c21. The van der Waals surface area contributed by atoms with Crippen LogP contribution in [0.4, 0.5) is 0 Å². The minimum atomic E-state index is 0.393. The van der Waals surface area contributed by atoms with Crippen LogP contribution in [-0.2, 0) is 6.54 Å². The van der Waals surface area contributed by atoms with Gasteiger partial charge in [0.1, 0.15) is 5.15 Å². The highest BCUT2D eigenvalue weighted by Gasteiger charge is 2.18. The number of rotatable bonds is 3. The molecule has 0 amide bonds. The van der Waals surface area contributed by atoms with Gasteiger partial charge in [-0.05, 0) is 18.1 Å². The van der Waals surface area contributed by atoms with Crippen LogP contribution in [0.5, 0.6) is 0 Å². The summed E-state index contributed by atoms with van der Waals surface area (Å²) in [4.78, 5) is 11.2. The van der Waals surface area contributed by atoms with Crippen molar-refractivity contribution in [2.24, 2.45) is 5.92 Å². The van der Waals surface area contributed by atoms with Crippen LogP contribution < -0.4 is 0 Å². The van der Waals surface area contributed by atoms with E-state index in [-0.39, 0.29) is 0 Å². The Bertz CT molecular complexity index is 616. The number of hydrogen-bond donors (Lipinski definition) is 0. The van der Waals surface area contributed by atoms with Gasteiger partial charge in [-0.3, -0.25) is 4.79 Å². The first-order valence-electron chi connectivity index (χ1n) is 5.57. The number of carbonyl (C=O) groups excluding carboxylic acids is 1. The van der Waals surface area contributed by atoms with Crippen LogP contribution in [0.2, 0.25) is 15.2 Å². The molecule has 0 unspecified atom stereocenters. The highest BCUT2D eigenvalue weighted by atomic mass is 35.5. The van der Waals surface area contributed by atoms with E-state index in [9.17, 15) is 4.79 Å². The first-order valence-corrected chi connectivity index (χ1v) is 6.71. The zero-order valence-electron chi connectivity index (χ0n) is 10.0.